The fourth-order valence-electron chi connectivity index (χ4n) is 3.22. The molecule has 3 aromatic heterocycles. The summed E-state index contributed by atoms with van der Waals surface area (Å²) in [4.78, 5) is 41.0. The zero-order valence-electron chi connectivity index (χ0n) is 16.4. The third kappa shape index (κ3) is 3.74. The van der Waals surface area contributed by atoms with E-state index < -0.39 is 24.2 Å². The van der Waals surface area contributed by atoms with Gasteiger partial charge in [-0.05, 0) is 31.4 Å². The maximum atomic E-state index is 13.5. The summed E-state index contributed by atoms with van der Waals surface area (Å²) in [5.74, 6) is -2.15. The Labute approximate surface area is 178 Å². The molecule has 0 unspecified atom stereocenters. The molecule has 0 bridgehead atoms. The second-order valence-electron chi connectivity index (χ2n) is 7.05. The molecule has 9 nitrogen and oxygen atoms in total. The van der Waals surface area contributed by atoms with Crippen LogP contribution in [0.15, 0.2) is 12.1 Å². The van der Waals surface area contributed by atoms with Gasteiger partial charge in [0.05, 0.1) is 17.6 Å². The van der Waals surface area contributed by atoms with Crippen molar-refractivity contribution in [2.24, 2.45) is 5.73 Å². The van der Waals surface area contributed by atoms with Crippen molar-refractivity contribution in [3.8, 4) is 0 Å². The first-order chi connectivity index (χ1) is 14.7. The number of thiophene rings is 1. The first-order valence-electron chi connectivity index (χ1n) is 9.22. The summed E-state index contributed by atoms with van der Waals surface area (Å²) >= 11 is 0.813. The topological polar surface area (TPSA) is 129 Å². The second kappa shape index (κ2) is 7.69. The summed E-state index contributed by atoms with van der Waals surface area (Å²) in [6, 6.07) is 2.60. The molecule has 0 aromatic carbocycles. The number of amides is 2. The van der Waals surface area contributed by atoms with Crippen molar-refractivity contribution >= 4 is 39.8 Å². The Morgan fingerprint density at radius 3 is 2.61 bits per heavy atom. The molecule has 162 valence electrons. The molecule has 3 N–H and O–H groups in total. The summed E-state index contributed by atoms with van der Waals surface area (Å²) in [5.41, 5.74) is 5.72. The summed E-state index contributed by atoms with van der Waals surface area (Å²) in [7, 11) is 1.16. The predicted octanol–water partition coefficient (Wildman–Crippen LogP) is 3.05. The minimum atomic E-state index is -2.80. The van der Waals surface area contributed by atoms with Crippen molar-refractivity contribution in [3.63, 3.8) is 0 Å². The van der Waals surface area contributed by atoms with Crippen LogP contribution < -0.4 is 11.1 Å². The van der Waals surface area contributed by atoms with E-state index in [-0.39, 0.29) is 44.0 Å². The Kier molecular flexibility index (Phi) is 5.17. The highest BCUT2D eigenvalue weighted by atomic mass is 32.1. The molecule has 1 aliphatic rings. The third-order valence-corrected chi connectivity index (χ3v) is 6.14. The number of hydrogen-bond acceptors (Lipinski definition) is 7. The number of esters is 1. The molecule has 1 saturated carbocycles. The van der Waals surface area contributed by atoms with Crippen LogP contribution in [0.4, 0.5) is 13.8 Å². The highest BCUT2D eigenvalue weighted by Crippen LogP contribution is 2.40. The smallest absolute Gasteiger partial charge is 0.341 e. The number of carbonyl (C=O) groups excluding carboxylic acids is 3. The van der Waals surface area contributed by atoms with Gasteiger partial charge in [0.25, 0.3) is 18.2 Å². The van der Waals surface area contributed by atoms with Crippen LogP contribution in [-0.2, 0) is 4.74 Å². The van der Waals surface area contributed by atoms with E-state index in [1.54, 1.807) is 0 Å². The van der Waals surface area contributed by atoms with Crippen molar-refractivity contribution < 1.29 is 27.9 Å². The number of methoxy groups -OCH3 is 1. The van der Waals surface area contributed by atoms with Gasteiger partial charge in [0, 0.05) is 17.7 Å². The number of anilines is 1. The summed E-state index contributed by atoms with van der Waals surface area (Å²) < 4.78 is 32.7. The van der Waals surface area contributed by atoms with Gasteiger partial charge in [-0.15, -0.1) is 11.3 Å². The predicted molar refractivity (Wildman–Crippen MR) is 107 cm³/mol. The molecule has 0 aliphatic heterocycles. The number of alkyl halides is 2. The van der Waals surface area contributed by atoms with Crippen LogP contribution in [-0.4, -0.2) is 39.5 Å². The molecule has 1 aliphatic carbocycles. The third-order valence-electron chi connectivity index (χ3n) is 4.91. The first-order valence-corrected chi connectivity index (χ1v) is 10.0. The summed E-state index contributed by atoms with van der Waals surface area (Å²) in [6.07, 6.45) is -1.05. The minimum Gasteiger partial charge on any atom is -0.465 e. The van der Waals surface area contributed by atoms with Gasteiger partial charge < -0.3 is 15.8 Å². The van der Waals surface area contributed by atoms with Crippen LogP contribution in [0.5, 0.6) is 0 Å². The highest BCUT2D eigenvalue weighted by molar-refractivity contribution is 7.18. The van der Waals surface area contributed by atoms with Crippen molar-refractivity contribution in [1.82, 2.24) is 14.6 Å². The number of nitrogens with two attached hydrogens (primary N) is 1. The molecule has 1 fully saturated rings. The van der Waals surface area contributed by atoms with Crippen LogP contribution in [0.2, 0.25) is 0 Å². The Morgan fingerprint density at radius 1 is 1.32 bits per heavy atom. The number of carbonyl (C=O) groups is 3. The fraction of sp³-hybridized carbons (Fsp3) is 0.316. The molecule has 0 spiro atoms. The van der Waals surface area contributed by atoms with E-state index in [4.69, 9.17) is 10.5 Å². The lowest BCUT2D eigenvalue weighted by atomic mass is 10.1. The minimum absolute atomic E-state index is 0.0131. The zero-order chi connectivity index (χ0) is 22.4. The lowest BCUT2D eigenvalue weighted by molar-refractivity contribution is 0.0601. The number of nitrogens with one attached hydrogen (secondary N) is 1. The van der Waals surface area contributed by atoms with Gasteiger partial charge in [-0.3, -0.25) is 9.59 Å². The van der Waals surface area contributed by atoms with Crippen molar-refractivity contribution in [2.75, 3.05) is 12.4 Å². The van der Waals surface area contributed by atoms with E-state index in [0.29, 0.717) is 5.69 Å². The van der Waals surface area contributed by atoms with Gasteiger partial charge in [-0.1, -0.05) is 0 Å². The van der Waals surface area contributed by atoms with Gasteiger partial charge in [-0.2, -0.15) is 5.10 Å². The lowest BCUT2D eigenvalue weighted by Gasteiger charge is -2.06. The number of hydrogen-bond donors (Lipinski definition) is 2. The average molecular weight is 449 g/mol. The number of ether oxygens (including phenoxy) is 1. The molecule has 4 rings (SSSR count). The van der Waals surface area contributed by atoms with Crippen molar-refractivity contribution in [3.05, 3.63) is 45.2 Å². The van der Waals surface area contributed by atoms with E-state index in [0.717, 1.165) is 35.8 Å². The molecule has 3 heterocycles. The van der Waals surface area contributed by atoms with Crippen LogP contribution in [0.25, 0.3) is 5.65 Å². The molecule has 2 amide bonds. The molecular weight excluding hydrogens is 432 g/mol. The van der Waals surface area contributed by atoms with Gasteiger partial charge in [0.15, 0.2) is 11.3 Å². The van der Waals surface area contributed by atoms with Crippen molar-refractivity contribution in [2.45, 2.75) is 32.1 Å². The van der Waals surface area contributed by atoms with Crippen LogP contribution in [0.1, 0.15) is 72.7 Å². The molecule has 0 radical (unpaired) electrons. The van der Waals surface area contributed by atoms with Gasteiger partial charge in [0.1, 0.15) is 10.7 Å². The van der Waals surface area contributed by atoms with Crippen molar-refractivity contribution in [1.29, 1.82) is 0 Å². The standard InChI is InChI=1S/C19H17F2N5O4S/c1-7-13(19(29)30-2)18(31-14(7)16(22)27)24-17(28)10-6-12-23-9(8-3-4-8)5-11(15(20)21)26(12)25-10/h5-6,8,15H,3-4H2,1-2H3,(H2,22,27)(H,24,28). The normalized spacial score (nSPS) is 13.6. The Morgan fingerprint density at radius 2 is 2.03 bits per heavy atom. The van der Waals surface area contributed by atoms with E-state index in [1.165, 1.54) is 19.1 Å². The summed E-state index contributed by atoms with van der Waals surface area (Å²) in [6.45, 7) is 1.50. The maximum absolute atomic E-state index is 13.5. The SMILES string of the molecule is COC(=O)c1c(NC(=O)c2cc3nc(C4CC4)cc(C(F)F)n3n2)sc(C(N)=O)c1C. The number of rotatable bonds is 6. The molecule has 12 heteroatoms. The second-order valence-corrected chi connectivity index (χ2v) is 8.07. The molecule has 0 atom stereocenters. The Hall–Kier alpha value is -3.41. The number of primary amides is 1. The number of fused-ring (bicyclic) bond motifs is 1. The van der Waals surface area contributed by atoms with E-state index >= 15 is 0 Å². The number of halogens is 2. The van der Waals surface area contributed by atoms with Gasteiger partial charge in [-0.25, -0.2) is 23.1 Å². The van der Waals surface area contributed by atoms with Gasteiger partial charge >= 0.3 is 5.97 Å². The Bertz CT molecular complexity index is 1230. The largest absolute Gasteiger partial charge is 0.465 e. The van der Waals surface area contributed by atoms with E-state index in [9.17, 15) is 23.2 Å². The Balaban J connectivity index is 1.72. The zero-order valence-corrected chi connectivity index (χ0v) is 17.3. The molecular formula is C19H17F2N5O4S. The lowest BCUT2D eigenvalue weighted by Crippen LogP contribution is -2.15. The van der Waals surface area contributed by atoms with Gasteiger partial charge in [0.2, 0.25) is 0 Å². The monoisotopic (exact) mass is 449 g/mol. The van der Waals surface area contributed by atoms with E-state index in [2.05, 4.69) is 15.4 Å². The van der Waals surface area contributed by atoms with Crippen LogP contribution in [0.3, 0.4) is 0 Å². The van der Waals surface area contributed by atoms with Crippen LogP contribution >= 0.6 is 11.3 Å². The average Bonchev–Trinajstić information content (AvgIpc) is 3.40. The summed E-state index contributed by atoms with van der Waals surface area (Å²) in [5, 5.41) is 6.51. The van der Waals surface area contributed by atoms with E-state index in [1.807, 2.05) is 0 Å². The molecule has 31 heavy (non-hydrogen) atoms. The molecule has 3 aromatic rings. The van der Waals surface area contributed by atoms with Crippen LogP contribution in [0, 0.1) is 6.92 Å². The fourth-order valence-corrected chi connectivity index (χ4v) is 4.27. The first kappa shape index (κ1) is 20.8. The maximum Gasteiger partial charge on any atom is 0.341 e. The number of aromatic nitrogens is 3. The number of nitrogens with zero attached hydrogens (tertiary/aromatic N) is 3. The quantitative estimate of drug-likeness (QED) is 0.557. The molecule has 0 saturated heterocycles. The highest BCUT2D eigenvalue weighted by Gasteiger charge is 2.29.